The molecule has 2 aromatic rings. The first kappa shape index (κ1) is 19.2. The average Bonchev–Trinajstić information content (AvgIpc) is 2.53. The third kappa shape index (κ3) is 4.93. The molecule has 1 N–H and O–H groups in total. The van der Waals surface area contributed by atoms with Gasteiger partial charge < -0.3 is 5.32 Å². The van der Waals surface area contributed by atoms with E-state index in [4.69, 9.17) is 11.6 Å². The molecule has 134 valence electrons. The van der Waals surface area contributed by atoms with Crippen molar-refractivity contribution in [1.82, 2.24) is 5.32 Å². The van der Waals surface area contributed by atoms with Crippen LogP contribution < -0.4 is 9.62 Å². The number of hydrogen-bond acceptors (Lipinski definition) is 3. The van der Waals surface area contributed by atoms with E-state index < -0.39 is 15.8 Å². The summed E-state index contributed by atoms with van der Waals surface area (Å²) in [5, 5.41) is 2.51. The highest BCUT2D eigenvalue weighted by Gasteiger charge is 2.19. The average molecular weight is 385 g/mol. The lowest BCUT2D eigenvalue weighted by molar-refractivity contribution is 0.0954. The van der Waals surface area contributed by atoms with Gasteiger partial charge in [-0.25, -0.2) is 12.8 Å². The van der Waals surface area contributed by atoms with Gasteiger partial charge in [0.25, 0.3) is 5.91 Å². The predicted molar refractivity (Wildman–Crippen MR) is 97.1 cm³/mol. The molecule has 2 rings (SSSR count). The van der Waals surface area contributed by atoms with Gasteiger partial charge >= 0.3 is 0 Å². The van der Waals surface area contributed by atoms with Gasteiger partial charge in [0.05, 0.1) is 23.5 Å². The van der Waals surface area contributed by atoms with Crippen LogP contribution in [0.4, 0.5) is 10.1 Å². The molecule has 0 aromatic heterocycles. The van der Waals surface area contributed by atoms with Crippen LogP contribution in [0.25, 0.3) is 0 Å². The molecule has 0 saturated heterocycles. The minimum atomic E-state index is -3.62. The Bertz CT molecular complexity index is 887. The fourth-order valence-electron chi connectivity index (χ4n) is 2.32. The normalized spacial score (nSPS) is 11.2. The fourth-order valence-corrected chi connectivity index (χ4v) is 3.41. The Labute approximate surface area is 151 Å². The summed E-state index contributed by atoms with van der Waals surface area (Å²) in [4.78, 5) is 12.2. The molecular formula is C17H18ClFN2O3S. The van der Waals surface area contributed by atoms with E-state index in [0.29, 0.717) is 5.56 Å². The Hall–Kier alpha value is -2.12. The minimum absolute atomic E-state index is 0.00157. The zero-order valence-electron chi connectivity index (χ0n) is 13.8. The topological polar surface area (TPSA) is 66.5 Å². The highest BCUT2D eigenvalue weighted by molar-refractivity contribution is 7.92. The van der Waals surface area contributed by atoms with Crippen LogP contribution in [-0.2, 0) is 10.0 Å². The van der Waals surface area contributed by atoms with Crippen molar-refractivity contribution < 1.29 is 17.6 Å². The number of rotatable bonds is 6. The number of amides is 1. The summed E-state index contributed by atoms with van der Waals surface area (Å²) in [7, 11) is -3.62. The molecule has 0 aliphatic carbocycles. The summed E-state index contributed by atoms with van der Waals surface area (Å²) in [5.41, 5.74) is 1.59. The third-order valence-corrected chi connectivity index (χ3v) is 5.07. The fraction of sp³-hybridized carbons (Fsp3) is 0.235. The summed E-state index contributed by atoms with van der Waals surface area (Å²) in [6, 6.07) is 10.8. The van der Waals surface area contributed by atoms with Crippen LogP contribution in [-0.4, -0.2) is 33.7 Å². The van der Waals surface area contributed by atoms with Gasteiger partial charge in [0, 0.05) is 12.1 Å². The molecule has 0 saturated carbocycles. The Morgan fingerprint density at radius 3 is 2.52 bits per heavy atom. The number of benzene rings is 2. The smallest absolute Gasteiger partial charge is 0.251 e. The van der Waals surface area contributed by atoms with Crippen LogP contribution in [0, 0.1) is 12.7 Å². The zero-order valence-corrected chi connectivity index (χ0v) is 15.4. The van der Waals surface area contributed by atoms with Crippen molar-refractivity contribution in [1.29, 1.82) is 0 Å². The Kier molecular flexibility index (Phi) is 6.02. The van der Waals surface area contributed by atoms with Crippen LogP contribution in [0.15, 0.2) is 42.5 Å². The predicted octanol–water partition coefficient (Wildman–Crippen LogP) is 2.98. The van der Waals surface area contributed by atoms with Gasteiger partial charge in [-0.05, 0) is 36.8 Å². The molecule has 0 bridgehead atoms. The summed E-state index contributed by atoms with van der Waals surface area (Å²) in [6.07, 6.45) is 1.04. The van der Waals surface area contributed by atoms with E-state index >= 15 is 0 Å². The summed E-state index contributed by atoms with van der Waals surface area (Å²) >= 11 is 5.72. The van der Waals surface area contributed by atoms with E-state index in [2.05, 4.69) is 5.32 Å². The van der Waals surface area contributed by atoms with Gasteiger partial charge in [-0.1, -0.05) is 29.8 Å². The SMILES string of the molecule is Cc1ccccc1C(=O)NCCN(c1ccc(F)c(Cl)c1)S(C)(=O)=O. The summed E-state index contributed by atoms with van der Waals surface area (Å²) in [5.74, 6) is -0.921. The number of anilines is 1. The van der Waals surface area contributed by atoms with Crippen LogP contribution in [0.1, 0.15) is 15.9 Å². The van der Waals surface area contributed by atoms with Gasteiger partial charge in [-0.15, -0.1) is 0 Å². The molecule has 5 nitrogen and oxygen atoms in total. The second kappa shape index (κ2) is 7.84. The second-order valence-electron chi connectivity index (χ2n) is 5.50. The molecule has 0 spiro atoms. The monoisotopic (exact) mass is 384 g/mol. The first-order valence-electron chi connectivity index (χ1n) is 7.47. The van der Waals surface area contributed by atoms with Crippen molar-refractivity contribution in [2.24, 2.45) is 0 Å². The standard InChI is InChI=1S/C17H18ClFN2O3S/c1-12-5-3-4-6-14(12)17(22)20-9-10-21(25(2,23)24)13-7-8-16(19)15(18)11-13/h3-8,11H,9-10H2,1-2H3,(H,20,22). The molecule has 0 aliphatic rings. The molecule has 8 heteroatoms. The number of hydrogen-bond donors (Lipinski definition) is 1. The highest BCUT2D eigenvalue weighted by Crippen LogP contribution is 2.24. The molecule has 0 fully saturated rings. The number of aryl methyl sites for hydroxylation is 1. The Balaban J connectivity index is 2.10. The zero-order chi connectivity index (χ0) is 18.6. The molecule has 0 unspecified atom stereocenters. The molecule has 0 heterocycles. The van der Waals surface area contributed by atoms with Crippen molar-refractivity contribution in [2.75, 3.05) is 23.7 Å². The molecule has 25 heavy (non-hydrogen) atoms. The number of carbonyl (C=O) groups excluding carboxylic acids is 1. The molecule has 0 aliphatic heterocycles. The lowest BCUT2D eigenvalue weighted by atomic mass is 10.1. The Morgan fingerprint density at radius 2 is 1.92 bits per heavy atom. The first-order valence-corrected chi connectivity index (χ1v) is 9.69. The highest BCUT2D eigenvalue weighted by atomic mass is 35.5. The number of halogens is 2. The Morgan fingerprint density at radius 1 is 1.24 bits per heavy atom. The van der Waals surface area contributed by atoms with Crippen LogP contribution in [0.2, 0.25) is 5.02 Å². The van der Waals surface area contributed by atoms with E-state index in [1.807, 2.05) is 19.1 Å². The number of carbonyl (C=O) groups is 1. The van der Waals surface area contributed by atoms with Gasteiger partial charge in [0.1, 0.15) is 5.82 Å². The number of nitrogens with one attached hydrogen (secondary N) is 1. The molecule has 0 atom stereocenters. The lowest BCUT2D eigenvalue weighted by Crippen LogP contribution is -2.38. The van der Waals surface area contributed by atoms with E-state index in [9.17, 15) is 17.6 Å². The maximum Gasteiger partial charge on any atom is 0.251 e. The summed E-state index contributed by atoms with van der Waals surface area (Å²) in [6.45, 7) is 1.91. The summed E-state index contributed by atoms with van der Waals surface area (Å²) < 4.78 is 38.4. The van der Waals surface area contributed by atoms with Crippen LogP contribution >= 0.6 is 11.6 Å². The van der Waals surface area contributed by atoms with Gasteiger partial charge in [0.2, 0.25) is 10.0 Å². The maximum atomic E-state index is 13.3. The van der Waals surface area contributed by atoms with Crippen molar-refractivity contribution >= 4 is 33.2 Å². The molecule has 1 amide bonds. The second-order valence-corrected chi connectivity index (χ2v) is 7.82. The molecule has 2 aromatic carbocycles. The van der Waals surface area contributed by atoms with E-state index in [1.165, 1.54) is 12.1 Å². The maximum absolute atomic E-state index is 13.3. The van der Waals surface area contributed by atoms with E-state index in [1.54, 1.807) is 12.1 Å². The molecular weight excluding hydrogens is 367 g/mol. The van der Waals surface area contributed by atoms with Gasteiger partial charge in [-0.3, -0.25) is 9.10 Å². The van der Waals surface area contributed by atoms with Gasteiger partial charge in [0.15, 0.2) is 0 Å². The van der Waals surface area contributed by atoms with Crippen molar-refractivity contribution in [3.63, 3.8) is 0 Å². The molecule has 0 radical (unpaired) electrons. The number of nitrogens with zero attached hydrogens (tertiary/aromatic N) is 1. The van der Waals surface area contributed by atoms with Crippen LogP contribution in [0.5, 0.6) is 0 Å². The lowest BCUT2D eigenvalue weighted by Gasteiger charge is -2.23. The van der Waals surface area contributed by atoms with E-state index in [0.717, 1.165) is 22.2 Å². The van der Waals surface area contributed by atoms with Gasteiger partial charge in [-0.2, -0.15) is 0 Å². The quantitative estimate of drug-likeness (QED) is 0.832. The van der Waals surface area contributed by atoms with Crippen molar-refractivity contribution in [3.8, 4) is 0 Å². The van der Waals surface area contributed by atoms with Crippen molar-refractivity contribution in [2.45, 2.75) is 6.92 Å². The minimum Gasteiger partial charge on any atom is -0.350 e. The van der Waals surface area contributed by atoms with E-state index in [-0.39, 0.29) is 29.7 Å². The third-order valence-electron chi connectivity index (χ3n) is 3.58. The van der Waals surface area contributed by atoms with Crippen LogP contribution in [0.3, 0.4) is 0 Å². The van der Waals surface area contributed by atoms with Crippen molar-refractivity contribution in [3.05, 3.63) is 64.4 Å². The largest absolute Gasteiger partial charge is 0.350 e. The first-order chi connectivity index (χ1) is 11.7. The number of sulfonamides is 1.